The molecule has 1 aliphatic rings. The van der Waals surface area contributed by atoms with Gasteiger partial charge in [-0.15, -0.1) is 0 Å². The molecule has 1 aromatic carbocycles. The van der Waals surface area contributed by atoms with Crippen molar-refractivity contribution in [3.05, 3.63) is 23.8 Å². The Morgan fingerprint density at radius 1 is 1.46 bits per heavy atom. The summed E-state index contributed by atoms with van der Waals surface area (Å²) >= 11 is 0. The first kappa shape index (κ1) is 7.79. The standard InChI is InChI=1S/C9H7NO3/c10-7-3-5-1-2-6(11)4-8(5)13-9(7)12/h1-2,4,10-11H,3H2. The molecule has 0 fully saturated rings. The summed E-state index contributed by atoms with van der Waals surface area (Å²) in [7, 11) is 0. The maximum atomic E-state index is 10.9. The zero-order valence-corrected chi connectivity index (χ0v) is 6.70. The molecule has 0 saturated carbocycles. The molecule has 0 atom stereocenters. The Kier molecular flexibility index (Phi) is 1.55. The van der Waals surface area contributed by atoms with Gasteiger partial charge in [0.25, 0.3) is 0 Å². The van der Waals surface area contributed by atoms with Crippen LogP contribution in [0, 0.1) is 5.41 Å². The topological polar surface area (TPSA) is 70.4 Å². The molecule has 4 nitrogen and oxygen atoms in total. The highest BCUT2D eigenvalue weighted by Gasteiger charge is 2.22. The molecule has 13 heavy (non-hydrogen) atoms. The van der Waals surface area contributed by atoms with Crippen LogP contribution in [0.1, 0.15) is 5.56 Å². The molecular weight excluding hydrogens is 170 g/mol. The number of benzene rings is 1. The summed E-state index contributed by atoms with van der Waals surface area (Å²) in [4.78, 5) is 10.9. The molecule has 1 aromatic rings. The first-order chi connectivity index (χ1) is 6.16. The fraction of sp³-hybridized carbons (Fsp3) is 0.111. The lowest BCUT2D eigenvalue weighted by atomic mass is 10.0. The molecule has 0 bridgehead atoms. The van der Waals surface area contributed by atoms with Gasteiger partial charge in [-0.05, 0) is 6.07 Å². The lowest BCUT2D eigenvalue weighted by molar-refractivity contribution is -0.127. The summed E-state index contributed by atoms with van der Waals surface area (Å²) in [5.74, 6) is -0.237. The van der Waals surface area contributed by atoms with Crippen LogP contribution in [0.4, 0.5) is 0 Å². The van der Waals surface area contributed by atoms with Gasteiger partial charge in [-0.1, -0.05) is 6.07 Å². The first-order valence-corrected chi connectivity index (χ1v) is 3.78. The van der Waals surface area contributed by atoms with Crippen LogP contribution in [0.25, 0.3) is 0 Å². The van der Waals surface area contributed by atoms with E-state index < -0.39 is 5.97 Å². The average molecular weight is 177 g/mol. The summed E-state index contributed by atoms with van der Waals surface area (Å²) in [6.45, 7) is 0. The number of rotatable bonds is 0. The fourth-order valence-electron chi connectivity index (χ4n) is 1.21. The van der Waals surface area contributed by atoms with E-state index in [1.165, 1.54) is 12.1 Å². The van der Waals surface area contributed by atoms with Crippen LogP contribution >= 0.6 is 0 Å². The molecular formula is C9H7NO3. The van der Waals surface area contributed by atoms with Crippen molar-refractivity contribution in [2.24, 2.45) is 0 Å². The molecule has 0 unspecified atom stereocenters. The van der Waals surface area contributed by atoms with E-state index in [0.29, 0.717) is 5.75 Å². The summed E-state index contributed by atoms with van der Waals surface area (Å²) in [6.07, 6.45) is 0.272. The number of nitrogens with one attached hydrogen (secondary N) is 1. The van der Waals surface area contributed by atoms with Gasteiger partial charge >= 0.3 is 5.97 Å². The Morgan fingerprint density at radius 2 is 2.23 bits per heavy atom. The molecule has 66 valence electrons. The second-order valence-electron chi connectivity index (χ2n) is 2.84. The Morgan fingerprint density at radius 3 is 3.00 bits per heavy atom. The number of aromatic hydroxyl groups is 1. The van der Waals surface area contributed by atoms with E-state index in [1.807, 2.05) is 0 Å². The fourth-order valence-corrected chi connectivity index (χ4v) is 1.21. The molecule has 0 aliphatic carbocycles. The van der Waals surface area contributed by atoms with Crippen molar-refractivity contribution in [2.75, 3.05) is 0 Å². The highest BCUT2D eigenvalue weighted by atomic mass is 16.5. The molecule has 2 rings (SSSR count). The highest BCUT2D eigenvalue weighted by molar-refractivity contribution is 6.37. The van der Waals surface area contributed by atoms with Gasteiger partial charge in [0.15, 0.2) is 0 Å². The molecule has 1 heterocycles. The molecule has 0 amide bonds. The molecule has 1 aliphatic heterocycles. The molecule has 0 saturated heterocycles. The van der Waals surface area contributed by atoms with Crippen LogP contribution in [-0.2, 0) is 11.2 Å². The Balaban J connectivity index is 2.48. The Bertz CT molecular complexity index is 398. The van der Waals surface area contributed by atoms with Crippen molar-refractivity contribution in [1.82, 2.24) is 0 Å². The predicted molar refractivity (Wildman–Crippen MR) is 45.2 cm³/mol. The number of hydrogen-bond acceptors (Lipinski definition) is 4. The normalized spacial score (nSPS) is 15.1. The third-order valence-electron chi connectivity index (χ3n) is 1.87. The van der Waals surface area contributed by atoms with Gasteiger partial charge in [0.1, 0.15) is 17.2 Å². The van der Waals surface area contributed by atoms with Crippen LogP contribution in [0.15, 0.2) is 18.2 Å². The maximum absolute atomic E-state index is 10.9. The van der Waals surface area contributed by atoms with Crippen LogP contribution in [-0.4, -0.2) is 16.8 Å². The van der Waals surface area contributed by atoms with Crippen LogP contribution in [0.5, 0.6) is 11.5 Å². The lowest BCUT2D eigenvalue weighted by Crippen LogP contribution is -2.26. The Labute approximate surface area is 74.3 Å². The molecule has 0 radical (unpaired) electrons. The number of esters is 1. The molecule has 0 aromatic heterocycles. The van der Waals surface area contributed by atoms with Gasteiger partial charge in [-0.25, -0.2) is 4.79 Å². The largest absolute Gasteiger partial charge is 0.508 e. The smallest absolute Gasteiger partial charge is 0.357 e. The SMILES string of the molecule is N=C1Cc2ccc(O)cc2OC1=O. The minimum atomic E-state index is -0.641. The average Bonchev–Trinajstić information content (AvgIpc) is 2.08. The minimum absolute atomic E-state index is 0.0555. The summed E-state index contributed by atoms with van der Waals surface area (Å²) in [5.41, 5.74) is 0.695. The lowest BCUT2D eigenvalue weighted by Gasteiger charge is -2.15. The number of carbonyl (C=O) groups excluding carboxylic acids is 1. The highest BCUT2D eigenvalue weighted by Crippen LogP contribution is 2.27. The number of hydrogen-bond donors (Lipinski definition) is 2. The van der Waals surface area contributed by atoms with Crippen molar-refractivity contribution in [3.8, 4) is 11.5 Å². The first-order valence-electron chi connectivity index (χ1n) is 3.78. The van der Waals surface area contributed by atoms with Gasteiger partial charge in [-0.3, -0.25) is 5.41 Å². The van der Waals surface area contributed by atoms with Crippen molar-refractivity contribution in [1.29, 1.82) is 5.41 Å². The number of phenols is 1. The van der Waals surface area contributed by atoms with Gasteiger partial charge in [0.05, 0.1) is 0 Å². The molecule has 4 heteroatoms. The third kappa shape index (κ3) is 1.26. The van der Waals surface area contributed by atoms with Gasteiger partial charge < -0.3 is 9.84 Å². The molecule has 2 N–H and O–H groups in total. The number of ether oxygens (including phenoxy) is 1. The maximum Gasteiger partial charge on any atom is 0.357 e. The summed E-state index contributed by atoms with van der Waals surface area (Å²) in [6, 6.07) is 4.52. The van der Waals surface area contributed by atoms with Crippen molar-refractivity contribution in [3.63, 3.8) is 0 Å². The number of phenolic OH excluding ortho intramolecular Hbond substituents is 1. The monoisotopic (exact) mass is 177 g/mol. The van der Waals surface area contributed by atoms with Crippen molar-refractivity contribution >= 4 is 11.7 Å². The third-order valence-corrected chi connectivity index (χ3v) is 1.87. The van der Waals surface area contributed by atoms with E-state index >= 15 is 0 Å². The summed E-state index contributed by atoms with van der Waals surface area (Å²) in [5, 5.41) is 16.3. The van der Waals surface area contributed by atoms with E-state index in [2.05, 4.69) is 0 Å². The van der Waals surface area contributed by atoms with E-state index in [-0.39, 0.29) is 17.9 Å². The second kappa shape index (κ2) is 2.58. The van der Waals surface area contributed by atoms with E-state index in [1.54, 1.807) is 6.07 Å². The van der Waals surface area contributed by atoms with Crippen LogP contribution < -0.4 is 4.74 Å². The van der Waals surface area contributed by atoms with Crippen molar-refractivity contribution in [2.45, 2.75) is 6.42 Å². The van der Waals surface area contributed by atoms with Gasteiger partial charge in [0, 0.05) is 18.1 Å². The van der Waals surface area contributed by atoms with E-state index in [9.17, 15) is 4.79 Å². The Hall–Kier alpha value is -1.84. The quantitative estimate of drug-likeness (QED) is 0.456. The van der Waals surface area contributed by atoms with E-state index in [0.717, 1.165) is 5.56 Å². The number of fused-ring (bicyclic) bond motifs is 1. The predicted octanol–water partition coefficient (Wildman–Crippen LogP) is 0.873. The van der Waals surface area contributed by atoms with Crippen molar-refractivity contribution < 1.29 is 14.6 Å². The minimum Gasteiger partial charge on any atom is -0.508 e. The van der Waals surface area contributed by atoms with Crippen LogP contribution in [0.2, 0.25) is 0 Å². The van der Waals surface area contributed by atoms with Gasteiger partial charge in [-0.2, -0.15) is 0 Å². The zero-order chi connectivity index (χ0) is 9.42. The molecule has 0 spiro atoms. The zero-order valence-electron chi connectivity index (χ0n) is 6.70. The van der Waals surface area contributed by atoms with E-state index in [4.69, 9.17) is 15.3 Å². The second-order valence-corrected chi connectivity index (χ2v) is 2.84. The van der Waals surface area contributed by atoms with Crippen LogP contribution in [0.3, 0.4) is 0 Å². The number of carbonyl (C=O) groups is 1. The van der Waals surface area contributed by atoms with Gasteiger partial charge in [0.2, 0.25) is 0 Å². The summed E-state index contributed by atoms with van der Waals surface area (Å²) < 4.78 is 4.80.